The molecule has 0 radical (unpaired) electrons. The van der Waals surface area contributed by atoms with E-state index in [1.807, 2.05) is 18.3 Å². The van der Waals surface area contributed by atoms with Gasteiger partial charge in [-0.2, -0.15) is 0 Å². The predicted octanol–water partition coefficient (Wildman–Crippen LogP) is 3.95. The SMILES string of the molecule is CCCc1nc(=S)cc(C2CCCc3cccnc32)[nH]1. The summed E-state index contributed by atoms with van der Waals surface area (Å²) in [6.45, 7) is 2.16. The number of pyridine rings is 1. The van der Waals surface area contributed by atoms with Gasteiger partial charge in [-0.15, -0.1) is 0 Å². The minimum Gasteiger partial charge on any atom is -0.346 e. The Morgan fingerprint density at radius 1 is 1.45 bits per heavy atom. The number of hydrogen-bond acceptors (Lipinski definition) is 3. The molecule has 1 aliphatic carbocycles. The van der Waals surface area contributed by atoms with Crippen molar-refractivity contribution >= 4 is 12.2 Å². The van der Waals surface area contributed by atoms with E-state index in [4.69, 9.17) is 12.2 Å². The minimum atomic E-state index is 0.334. The molecule has 0 saturated heterocycles. The summed E-state index contributed by atoms with van der Waals surface area (Å²) in [6.07, 6.45) is 7.37. The first-order valence-electron chi connectivity index (χ1n) is 7.32. The summed E-state index contributed by atoms with van der Waals surface area (Å²) in [5, 5.41) is 0. The third-order valence-corrected chi connectivity index (χ3v) is 4.08. The first kappa shape index (κ1) is 13.4. The molecule has 1 N–H and O–H groups in total. The van der Waals surface area contributed by atoms with E-state index < -0.39 is 0 Å². The molecule has 0 spiro atoms. The lowest BCUT2D eigenvalue weighted by atomic mass is 9.84. The quantitative estimate of drug-likeness (QED) is 0.868. The number of fused-ring (bicyclic) bond motifs is 1. The third kappa shape index (κ3) is 2.66. The van der Waals surface area contributed by atoms with E-state index in [-0.39, 0.29) is 0 Å². The Morgan fingerprint density at radius 2 is 2.35 bits per heavy atom. The van der Waals surface area contributed by atoms with Gasteiger partial charge in [0, 0.05) is 24.2 Å². The average molecular weight is 285 g/mol. The third-order valence-electron chi connectivity index (χ3n) is 3.87. The number of aromatic nitrogens is 3. The van der Waals surface area contributed by atoms with Gasteiger partial charge in [-0.25, -0.2) is 4.98 Å². The Hall–Kier alpha value is -1.55. The fourth-order valence-electron chi connectivity index (χ4n) is 2.98. The largest absolute Gasteiger partial charge is 0.346 e. The standard InChI is InChI=1S/C16H19N3S/c1-2-5-14-18-13(10-15(20)19-14)12-8-3-6-11-7-4-9-17-16(11)12/h4,7,9-10,12H,2-3,5-6,8H2,1H3,(H,18,19,20). The number of rotatable bonds is 3. The van der Waals surface area contributed by atoms with Crippen molar-refractivity contribution in [3.63, 3.8) is 0 Å². The summed E-state index contributed by atoms with van der Waals surface area (Å²) in [7, 11) is 0. The molecule has 3 rings (SSSR count). The van der Waals surface area contributed by atoms with Gasteiger partial charge < -0.3 is 4.98 Å². The molecule has 3 nitrogen and oxygen atoms in total. The molecule has 2 aromatic heterocycles. The van der Waals surface area contributed by atoms with E-state index in [1.165, 1.54) is 23.4 Å². The van der Waals surface area contributed by atoms with Crippen LogP contribution in [0.25, 0.3) is 0 Å². The minimum absolute atomic E-state index is 0.334. The van der Waals surface area contributed by atoms with Crippen LogP contribution in [0, 0.1) is 4.64 Å². The van der Waals surface area contributed by atoms with E-state index >= 15 is 0 Å². The fraction of sp³-hybridized carbons (Fsp3) is 0.438. The van der Waals surface area contributed by atoms with Crippen molar-refractivity contribution in [1.82, 2.24) is 15.0 Å². The Bertz CT molecular complexity index is 663. The van der Waals surface area contributed by atoms with Crippen LogP contribution in [0.3, 0.4) is 0 Å². The number of hydrogen-bond donors (Lipinski definition) is 1. The van der Waals surface area contributed by atoms with Gasteiger partial charge in [-0.05, 0) is 43.4 Å². The molecule has 1 atom stereocenters. The maximum Gasteiger partial charge on any atom is 0.130 e. The summed E-state index contributed by atoms with van der Waals surface area (Å²) in [6, 6.07) is 6.22. The van der Waals surface area contributed by atoms with Gasteiger partial charge in [0.2, 0.25) is 0 Å². The maximum absolute atomic E-state index is 5.32. The van der Waals surface area contributed by atoms with Gasteiger partial charge >= 0.3 is 0 Å². The fourth-order valence-corrected chi connectivity index (χ4v) is 3.22. The summed E-state index contributed by atoms with van der Waals surface area (Å²) < 4.78 is 0.685. The highest BCUT2D eigenvalue weighted by atomic mass is 32.1. The molecule has 1 aliphatic rings. The van der Waals surface area contributed by atoms with Crippen molar-refractivity contribution in [3.8, 4) is 0 Å². The van der Waals surface area contributed by atoms with Crippen molar-refractivity contribution < 1.29 is 0 Å². The molecule has 0 saturated carbocycles. The van der Waals surface area contributed by atoms with E-state index in [9.17, 15) is 0 Å². The monoisotopic (exact) mass is 285 g/mol. The van der Waals surface area contributed by atoms with Crippen LogP contribution in [0.2, 0.25) is 0 Å². The molecule has 4 heteroatoms. The molecule has 0 aromatic carbocycles. The van der Waals surface area contributed by atoms with Crippen LogP contribution in [0.4, 0.5) is 0 Å². The zero-order valence-electron chi connectivity index (χ0n) is 11.7. The van der Waals surface area contributed by atoms with E-state index in [1.54, 1.807) is 0 Å². The normalized spacial score (nSPS) is 17.8. The van der Waals surface area contributed by atoms with Crippen molar-refractivity contribution in [2.24, 2.45) is 0 Å². The van der Waals surface area contributed by atoms with Gasteiger partial charge in [0.15, 0.2) is 0 Å². The second-order valence-electron chi connectivity index (χ2n) is 5.36. The molecule has 0 amide bonds. The second kappa shape index (κ2) is 5.83. The van der Waals surface area contributed by atoms with Crippen LogP contribution in [0.1, 0.15) is 54.9 Å². The van der Waals surface area contributed by atoms with Gasteiger partial charge in [0.25, 0.3) is 0 Å². The van der Waals surface area contributed by atoms with Gasteiger partial charge in [-0.1, -0.05) is 25.2 Å². The van der Waals surface area contributed by atoms with Crippen molar-refractivity contribution in [2.75, 3.05) is 0 Å². The van der Waals surface area contributed by atoms with Crippen LogP contribution in [0.15, 0.2) is 24.4 Å². The van der Waals surface area contributed by atoms with Crippen LogP contribution < -0.4 is 0 Å². The lowest BCUT2D eigenvalue weighted by molar-refractivity contribution is 0.582. The maximum atomic E-state index is 5.32. The number of nitrogens with one attached hydrogen (secondary N) is 1. The molecular formula is C16H19N3S. The highest BCUT2D eigenvalue weighted by Crippen LogP contribution is 2.34. The molecule has 2 aromatic rings. The van der Waals surface area contributed by atoms with Crippen molar-refractivity contribution in [2.45, 2.75) is 44.9 Å². The van der Waals surface area contributed by atoms with E-state index in [0.717, 1.165) is 31.5 Å². The lowest BCUT2D eigenvalue weighted by Gasteiger charge is -2.24. The lowest BCUT2D eigenvalue weighted by Crippen LogP contribution is -2.15. The van der Waals surface area contributed by atoms with E-state index in [0.29, 0.717) is 10.6 Å². The first-order chi connectivity index (χ1) is 9.78. The van der Waals surface area contributed by atoms with E-state index in [2.05, 4.69) is 27.9 Å². The first-order valence-corrected chi connectivity index (χ1v) is 7.72. The molecule has 1 unspecified atom stereocenters. The molecular weight excluding hydrogens is 266 g/mol. The molecule has 2 heterocycles. The van der Waals surface area contributed by atoms with Crippen molar-refractivity contribution in [3.05, 3.63) is 51.8 Å². The predicted molar refractivity (Wildman–Crippen MR) is 82.4 cm³/mol. The zero-order valence-corrected chi connectivity index (χ0v) is 12.5. The highest BCUT2D eigenvalue weighted by molar-refractivity contribution is 7.71. The Balaban J connectivity index is 2.04. The second-order valence-corrected chi connectivity index (χ2v) is 5.78. The van der Waals surface area contributed by atoms with Gasteiger partial charge in [-0.3, -0.25) is 4.98 Å². The topological polar surface area (TPSA) is 41.6 Å². The molecule has 0 fully saturated rings. The number of H-pyrrole nitrogens is 1. The zero-order chi connectivity index (χ0) is 13.9. The van der Waals surface area contributed by atoms with Gasteiger partial charge in [0.1, 0.15) is 10.5 Å². The Labute approximate surface area is 124 Å². The number of aromatic amines is 1. The van der Waals surface area contributed by atoms with Crippen LogP contribution in [-0.2, 0) is 12.8 Å². The summed E-state index contributed by atoms with van der Waals surface area (Å²) in [4.78, 5) is 12.5. The Kier molecular flexibility index (Phi) is 3.92. The average Bonchev–Trinajstić information content (AvgIpc) is 2.46. The Morgan fingerprint density at radius 3 is 3.20 bits per heavy atom. The summed E-state index contributed by atoms with van der Waals surface area (Å²) in [5.74, 6) is 1.33. The van der Waals surface area contributed by atoms with Gasteiger partial charge in [0.05, 0.1) is 5.69 Å². The smallest absolute Gasteiger partial charge is 0.130 e. The number of aryl methyl sites for hydroxylation is 2. The molecule has 0 bridgehead atoms. The number of nitrogens with zero attached hydrogens (tertiary/aromatic N) is 2. The molecule has 20 heavy (non-hydrogen) atoms. The van der Waals surface area contributed by atoms with Crippen LogP contribution in [-0.4, -0.2) is 15.0 Å². The summed E-state index contributed by atoms with van der Waals surface area (Å²) in [5.41, 5.74) is 3.75. The van der Waals surface area contributed by atoms with Crippen molar-refractivity contribution in [1.29, 1.82) is 0 Å². The summed E-state index contributed by atoms with van der Waals surface area (Å²) >= 11 is 5.32. The van der Waals surface area contributed by atoms with Crippen LogP contribution in [0.5, 0.6) is 0 Å². The molecule has 104 valence electrons. The highest BCUT2D eigenvalue weighted by Gasteiger charge is 2.23. The molecule has 0 aliphatic heterocycles. The van der Waals surface area contributed by atoms with Crippen LogP contribution >= 0.6 is 12.2 Å².